The van der Waals surface area contributed by atoms with Gasteiger partial charge in [-0.2, -0.15) is 0 Å². The Bertz CT molecular complexity index is 997. The van der Waals surface area contributed by atoms with Crippen molar-refractivity contribution in [2.24, 2.45) is 7.05 Å². The molecule has 0 aliphatic rings. The van der Waals surface area contributed by atoms with Gasteiger partial charge in [-0.3, -0.25) is 0 Å². The maximum Gasteiger partial charge on any atom is 0.247 e. The fourth-order valence-corrected chi connectivity index (χ4v) is 3.41. The van der Waals surface area contributed by atoms with E-state index < -0.39 is 0 Å². The molecule has 2 aromatic carbocycles. The van der Waals surface area contributed by atoms with Crippen molar-refractivity contribution in [1.82, 2.24) is 25.0 Å². The normalized spacial score (nSPS) is 12.2. The second-order valence-corrected chi connectivity index (χ2v) is 7.11. The predicted octanol–water partition coefficient (Wildman–Crippen LogP) is 4.39. The number of aromatic nitrogens is 5. The van der Waals surface area contributed by atoms with Crippen molar-refractivity contribution in [3.8, 4) is 22.8 Å². The van der Waals surface area contributed by atoms with E-state index in [1.807, 2.05) is 79.2 Å². The highest BCUT2D eigenvalue weighted by atomic mass is 32.2. The van der Waals surface area contributed by atoms with Gasteiger partial charge in [-0.25, -0.2) is 0 Å². The van der Waals surface area contributed by atoms with Crippen LogP contribution in [0, 0.1) is 0 Å². The summed E-state index contributed by atoms with van der Waals surface area (Å²) < 4.78 is 7.81. The first kappa shape index (κ1) is 16.5. The molecular formula is C19H17N5OS. The fraction of sp³-hybridized carbons (Fsp3) is 0.158. The molecule has 4 aromatic rings. The zero-order valence-electron chi connectivity index (χ0n) is 14.4. The molecule has 7 heteroatoms. The zero-order chi connectivity index (χ0) is 17.9. The summed E-state index contributed by atoms with van der Waals surface area (Å²) in [5.41, 5.74) is 1.94. The molecule has 0 amide bonds. The Morgan fingerprint density at radius 1 is 0.846 bits per heavy atom. The van der Waals surface area contributed by atoms with Crippen molar-refractivity contribution in [2.75, 3.05) is 0 Å². The van der Waals surface area contributed by atoms with Gasteiger partial charge < -0.3 is 8.98 Å². The topological polar surface area (TPSA) is 69.6 Å². The van der Waals surface area contributed by atoms with Gasteiger partial charge >= 0.3 is 0 Å². The number of hydrogen-bond donors (Lipinski definition) is 0. The minimum absolute atomic E-state index is 0.0357. The summed E-state index contributed by atoms with van der Waals surface area (Å²) in [6, 6.07) is 19.7. The lowest BCUT2D eigenvalue weighted by Gasteiger charge is -2.07. The standard InChI is InChI=1S/C19H17N5OS/c1-13(17-21-22-18(25-17)15-11-7-4-8-12-15)26-19-23-20-16(24(19)2)14-9-5-3-6-10-14/h3-13H,1-2H3. The van der Waals surface area contributed by atoms with Gasteiger partial charge in [0.25, 0.3) is 0 Å². The van der Waals surface area contributed by atoms with Gasteiger partial charge in [0.1, 0.15) is 0 Å². The van der Waals surface area contributed by atoms with Crippen LogP contribution in [0.2, 0.25) is 0 Å². The zero-order valence-corrected chi connectivity index (χ0v) is 15.2. The van der Waals surface area contributed by atoms with E-state index in [0.29, 0.717) is 11.8 Å². The van der Waals surface area contributed by atoms with E-state index in [4.69, 9.17) is 4.42 Å². The molecule has 0 aliphatic heterocycles. The molecule has 4 rings (SSSR count). The van der Waals surface area contributed by atoms with Crippen LogP contribution in [-0.4, -0.2) is 25.0 Å². The van der Waals surface area contributed by atoms with Crippen LogP contribution in [0.4, 0.5) is 0 Å². The number of benzene rings is 2. The Hall–Kier alpha value is -2.93. The van der Waals surface area contributed by atoms with E-state index in [2.05, 4.69) is 20.4 Å². The van der Waals surface area contributed by atoms with Gasteiger partial charge in [-0.1, -0.05) is 60.3 Å². The van der Waals surface area contributed by atoms with Gasteiger partial charge in [-0.15, -0.1) is 20.4 Å². The minimum atomic E-state index is -0.0357. The van der Waals surface area contributed by atoms with E-state index in [-0.39, 0.29) is 5.25 Å². The molecule has 2 aromatic heterocycles. The largest absolute Gasteiger partial charge is 0.419 e. The number of hydrogen-bond acceptors (Lipinski definition) is 6. The Labute approximate surface area is 155 Å². The van der Waals surface area contributed by atoms with E-state index >= 15 is 0 Å². The summed E-state index contributed by atoms with van der Waals surface area (Å²) in [7, 11) is 1.96. The Kier molecular flexibility index (Phi) is 4.53. The number of nitrogens with zero attached hydrogens (tertiary/aromatic N) is 5. The average Bonchev–Trinajstić information content (AvgIpc) is 3.31. The van der Waals surface area contributed by atoms with Gasteiger partial charge in [0.15, 0.2) is 11.0 Å². The Morgan fingerprint density at radius 2 is 1.50 bits per heavy atom. The van der Waals surface area contributed by atoms with Crippen LogP contribution in [0.3, 0.4) is 0 Å². The van der Waals surface area contributed by atoms with Crippen molar-refractivity contribution in [3.63, 3.8) is 0 Å². The van der Waals surface area contributed by atoms with Gasteiger partial charge in [0, 0.05) is 18.2 Å². The summed E-state index contributed by atoms with van der Waals surface area (Å²) in [6.07, 6.45) is 0. The monoisotopic (exact) mass is 363 g/mol. The Balaban J connectivity index is 1.53. The predicted molar refractivity (Wildman–Crippen MR) is 100 cm³/mol. The summed E-state index contributed by atoms with van der Waals surface area (Å²) >= 11 is 1.54. The molecule has 0 N–H and O–H groups in total. The molecule has 1 atom stereocenters. The maximum absolute atomic E-state index is 5.83. The first-order valence-corrected chi connectivity index (χ1v) is 9.10. The van der Waals surface area contributed by atoms with E-state index in [1.54, 1.807) is 11.8 Å². The lowest BCUT2D eigenvalue weighted by atomic mass is 10.2. The first-order chi connectivity index (χ1) is 12.7. The van der Waals surface area contributed by atoms with Crippen LogP contribution in [0.5, 0.6) is 0 Å². The van der Waals surface area contributed by atoms with Crippen molar-refractivity contribution < 1.29 is 4.42 Å². The third-order valence-electron chi connectivity index (χ3n) is 3.96. The van der Waals surface area contributed by atoms with Gasteiger partial charge in [-0.05, 0) is 19.1 Å². The third kappa shape index (κ3) is 3.25. The van der Waals surface area contributed by atoms with Crippen molar-refractivity contribution >= 4 is 11.8 Å². The number of rotatable bonds is 5. The molecule has 0 saturated heterocycles. The highest BCUT2D eigenvalue weighted by molar-refractivity contribution is 7.99. The van der Waals surface area contributed by atoms with Gasteiger partial charge in [0.2, 0.25) is 11.8 Å². The highest BCUT2D eigenvalue weighted by Crippen LogP contribution is 2.35. The molecule has 0 spiro atoms. The van der Waals surface area contributed by atoms with E-state index in [1.165, 1.54) is 0 Å². The lowest BCUT2D eigenvalue weighted by Crippen LogP contribution is -1.97. The van der Waals surface area contributed by atoms with Gasteiger partial charge in [0.05, 0.1) is 5.25 Å². The summed E-state index contributed by atoms with van der Waals surface area (Å²) in [4.78, 5) is 0. The minimum Gasteiger partial charge on any atom is -0.419 e. The molecule has 0 saturated carbocycles. The highest BCUT2D eigenvalue weighted by Gasteiger charge is 2.20. The molecule has 2 heterocycles. The van der Waals surface area contributed by atoms with Crippen LogP contribution in [0.25, 0.3) is 22.8 Å². The quantitative estimate of drug-likeness (QED) is 0.490. The summed E-state index contributed by atoms with van der Waals surface area (Å²) in [6.45, 7) is 2.02. The molecule has 0 bridgehead atoms. The fourth-order valence-electron chi connectivity index (χ4n) is 2.56. The second kappa shape index (κ2) is 7.13. The molecule has 0 radical (unpaired) electrons. The van der Waals surface area contributed by atoms with Crippen LogP contribution >= 0.6 is 11.8 Å². The van der Waals surface area contributed by atoms with E-state index in [0.717, 1.165) is 22.1 Å². The number of thioether (sulfide) groups is 1. The molecule has 6 nitrogen and oxygen atoms in total. The smallest absolute Gasteiger partial charge is 0.247 e. The third-order valence-corrected chi connectivity index (χ3v) is 5.08. The maximum atomic E-state index is 5.83. The second-order valence-electron chi connectivity index (χ2n) is 5.80. The van der Waals surface area contributed by atoms with Crippen LogP contribution in [0.1, 0.15) is 18.1 Å². The molecule has 130 valence electrons. The summed E-state index contributed by atoms with van der Waals surface area (Å²) in [5.74, 6) is 1.92. The SMILES string of the molecule is CC(Sc1nnc(-c2ccccc2)n1C)c1nnc(-c2ccccc2)o1. The molecular weight excluding hydrogens is 346 g/mol. The van der Waals surface area contributed by atoms with Crippen LogP contribution in [-0.2, 0) is 7.05 Å². The van der Waals surface area contributed by atoms with Crippen molar-refractivity contribution in [3.05, 3.63) is 66.6 Å². The van der Waals surface area contributed by atoms with Crippen LogP contribution in [0.15, 0.2) is 70.2 Å². The molecule has 0 fully saturated rings. The van der Waals surface area contributed by atoms with E-state index in [9.17, 15) is 0 Å². The lowest BCUT2D eigenvalue weighted by molar-refractivity contribution is 0.508. The molecule has 1 unspecified atom stereocenters. The van der Waals surface area contributed by atoms with Crippen LogP contribution < -0.4 is 0 Å². The molecule has 0 aliphatic carbocycles. The Morgan fingerprint density at radius 3 is 2.19 bits per heavy atom. The first-order valence-electron chi connectivity index (χ1n) is 8.22. The van der Waals surface area contributed by atoms with Crippen molar-refractivity contribution in [2.45, 2.75) is 17.3 Å². The average molecular weight is 363 g/mol. The summed E-state index contributed by atoms with van der Waals surface area (Å²) in [5, 5.41) is 17.7. The van der Waals surface area contributed by atoms with Crippen molar-refractivity contribution in [1.29, 1.82) is 0 Å². The molecule has 26 heavy (non-hydrogen) atoms.